The molecule has 28 heavy (non-hydrogen) atoms. The number of aromatic nitrogens is 2. The third-order valence-electron chi connectivity index (χ3n) is 6.21. The molecule has 1 aliphatic carbocycles. The van der Waals surface area contributed by atoms with Gasteiger partial charge in [-0.2, -0.15) is 0 Å². The molecule has 1 aromatic heterocycles. The summed E-state index contributed by atoms with van der Waals surface area (Å²) in [5, 5.41) is 0. The van der Waals surface area contributed by atoms with Crippen LogP contribution in [0, 0.1) is 6.92 Å². The highest BCUT2D eigenvalue weighted by Crippen LogP contribution is 2.41. The first-order chi connectivity index (χ1) is 13.5. The fraction of sp³-hybridized carbons (Fsp3) is 0.545. The standard InChI is InChI=1S/C22H30N4O2/c1-4-20-23-16(2)19(24-20)13-25-14-21(27)26(22(15-25)11-5-6-12-22)17-7-9-18(28-3)10-8-17/h7-10H,4-6,11-15H2,1-3H3,(H,23,24). The minimum absolute atomic E-state index is 0.109. The summed E-state index contributed by atoms with van der Waals surface area (Å²) in [4.78, 5) is 25.7. The highest BCUT2D eigenvalue weighted by Gasteiger charge is 2.47. The number of carbonyl (C=O) groups excluding carboxylic acids is 1. The smallest absolute Gasteiger partial charge is 0.241 e. The van der Waals surface area contributed by atoms with E-state index >= 15 is 0 Å². The second-order valence-electron chi connectivity index (χ2n) is 8.11. The molecule has 0 bridgehead atoms. The molecule has 2 heterocycles. The minimum atomic E-state index is -0.109. The Bertz CT molecular complexity index is 837. The second kappa shape index (κ2) is 7.59. The van der Waals surface area contributed by atoms with E-state index in [4.69, 9.17) is 9.72 Å². The van der Waals surface area contributed by atoms with E-state index < -0.39 is 0 Å². The summed E-state index contributed by atoms with van der Waals surface area (Å²) >= 11 is 0. The lowest BCUT2D eigenvalue weighted by Crippen LogP contribution is -2.64. The average Bonchev–Trinajstić information content (AvgIpc) is 3.29. The number of aromatic amines is 1. The van der Waals surface area contributed by atoms with Crippen molar-refractivity contribution in [3.05, 3.63) is 41.5 Å². The van der Waals surface area contributed by atoms with Crippen LogP contribution in [0.4, 0.5) is 5.69 Å². The molecule has 1 aliphatic heterocycles. The number of nitrogens with one attached hydrogen (secondary N) is 1. The maximum Gasteiger partial charge on any atom is 0.241 e. The summed E-state index contributed by atoms with van der Waals surface area (Å²) in [5.74, 6) is 2.02. The summed E-state index contributed by atoms with van der Waals surface area (Å²) in [7, 11) is 1.67. The molecule has 1 N–H and O–H groups in total. The van der Waals surface area contributed by atoms with Crippen LogP contribution in [0.2, 0.25) is 0 Å². The van der Waals surface area contributed by atoms with Crippen LogP contribution in [-0.2, 0) is 17.8 Å². The molecule has 1 amide bonds. The van der Waals surface area contributed by atoms with Crippen LogP contribution >= 0.6 is 0 Å². The zero-order valence-electron chi connectivity index (χ0n) is 17.1. The number of hydrogen-bond donors (Lipinski definition) is 1. The van der Waals surface area contributed by atoms with Crippen LogP contribution in [0.15, 0.2) is 24.3 Å². The topological polar surface area (TPSA) is 61.5 Å². The van der Waals surface area contributed by atoms with Gasteiger partial charge in [-0.3, -0.25) is 9.69 Å². The molecule has 4 rings (SSSR count). The van der Waals surface area contributed by atoms with Gasteiger partial charge in [-0.05, 0) is 44.0 Å². The van der Waals surface area contributed by atoms with Gasteiger partial charge in [0.1, 0.15) is 11.6 Å². The third-order valence-corrected chi connectivity index (χ3v) is 6.21. The summed E-state index contributed by atoms with van der Waals surface area (Å²) in [6, 6.07) is 7.91. The van der Waals surface area contributed by atoms with Gasteiger partial charge in [-0.25, -0.2) is 4.98 Å². The summed E-state index contributed by atoms with van der Waals surface area (Å²) in [6.45, 7) is 6.24. The van der Waals surface area contributed by atoms with Crippen molar-refractivity contribution in [3.8, 4) is 5.75 Å². The molecule has 6 nitrogen and oxygen atoms in total. The number of imidazole rings is 1. The largest absolute Gasteiger partial charge is 0.497 e. The van der Waals surface area contributed by atoms with E-state index in [2.05, 4.69) is 28.6 Å². The number of piperazine rings is 1. The summed E-state index contributed by atoms with van der Waals surface area (Å²) in [5.41, 5.74) is 3.05. The number of amides is 1. The Morgan fingerprint density at radius 2 is 1.93 bits per heavy atom. The van der Waals surface area contributed by atoms with Crippen LogP contribution in [0.5, 0.6) is 5.75 Å². The van der Waals surface area contributed by atoms with Crippen molar-refractivity contribution in [1.29, 1.82) is 0 Å². The Kier molecular flexibility index (Phi) is 5.15. The lowest BCUT2D eigenvalue weighted by molar-refractivity contribution is -0.124. The van der Waals surface area contributed by atoms with E-state index in [0.717, 1.165) is 61.0 Å². The van der Waals surface area contributed by atoms with Gasteiger partial charge >= 0.3 is 0 Å². The van der Waals surface area contributed by atoms with Gasteiger partial charge in [0.25, 0.3) is 0 Å². The predicted octanol–water partition coefficient (Wildman–Crippen LogP) is 3.45. The quantitative estimate of drug-likeness (QED) is 0.860. The Morgan fingerprint density at radius 3 is 2.54 bits per heavy atom. The lowest BCUT2D eigenvalue weighted by Gasteiger charge is -2.49. The van der Waals surface area contributed by atoms with Gasteiger partial charge in [-0.1, -0.05) is 19.8 Å². The number of aryl methyl sites for hydroxylation is 2. The summed E-state index contributed by atoms with van der Waals surface area (Å²) < 4.78 is 5.28. The molecule has 1 spiro atoms. The molecule has 1 saturated heterocycles. The molecule has 1 aromatic carbocycles. The molecule has 2 aliphatic rings. The monoisotopic (exact) mass is 382 g/mol. The Labute approximate surface area is 166 Å². The van der Waals surface area contributed by atoms with Gasteiger partial charge < -0.3 is 14.6 Å². The maximum atomic E-state index is 13.3. The van der Waals surface area contributed by atoms with E-state index in [1.54, 1.807) is 7.11 Å². The fourth-order valence-corrected chi connectivity index (χ4v) is 4.84. The molecule has 150 valence electrons. The van der Waals surface area contributed by atoms with E-state index in [-0.39, 0.29) is 11.4 Å². The van der Waals surface area contributed by atoms with Crippen LogP contribution < -0.4 is 9.64 Å². The van der Waals surface area contributed by atoms with E-state index in [1.807, 2.05) is 24.3 Å². The number of carbonyl (C=O) groups is 1. The normalized spacial score (nSPS) is 19.5. The highest BCUT2D eigenvalue weighted by atomic mass is 16.5. The van der Waals surface area contributed by atoms with Crippen molar-refractivity contribution in [1.82, 2.24) is 14.9 Å². The van der Waals surface area contributed by atoms with Crippen molar-refractivity contribution >= 4 is 11.6 Å². The molecule has 2 aromatic rings. The first-order valence-corrected chi connectivity index (χ1v) is 10.3. The van der Waals surface area contributed by atoms with Crippen LogP contribution in [0.1, 0.15) is 49.8 Å². The first-order valence-electron chi connectivity index (χ1n) is 10.3. The van der Waals surface area contributed by atoms with Crippen molar-refractivity contribution in [2.24, 2.45) is 0 Å². The maximum absolute atomic E-state index is 13.3. The van der Waals surface area contributed by atoms with E-state index in [0.29, 0.717) is 6.54 Å². The Morgan fingerprint density at radius 1 is 1.21 bits per heavy atom. The number of rotatable bonds is 5. The van der Waals surface area contributed by atoms with Crippen molar-refractivity contribution < 1.29 is 9.53 Å². The van der Waals surface area contributed by atoms with Gasteiger partial charge in [0.15, 0.2) is 0 Å². The van der Waals surface area contributed by atoms with Crippen LogP contribution in [-0.4, -0.2) is 46.5 Å². The second-order valence-corrected chi connectivity index (χ2v) is 8.11. The molecule has 1 saturated carbocycles. The molecule has 2 fully saturated rings. The lowest BCUT2D eigenvalue weighted by atomic mass is 9.90. The SMILES string of the molecule is CCc1nc(CN2CC(=O)N(c3ccc(OC)cc3)C3(CCCC3)C2)c(C)[nH]1. The third kappa shape index (κ3) is 3.41. The molecular formula is C22H30N4O2. The summed E-state index contributed by atoms with van der Waals surface area (Å²) in [6.07, 6.45) is 5.36. The fourth-order valence-electron chi connectivity index (χ4n) is 4.84. The Hall–Kier alpha value is -2.34. The van der Waals surface area contributed by atoms with Gasteiger partial charge in [0, 0.05) is 30.9 Å². The van der Waals surface area contributed by atoms with E-state index in [9.17, 15) is 4.79 Å². The average molecular weight is 383 g/mol. The van der Waals surface area contributed by atoms with Crippen molar-refractivity contribution in [3.63, 3.8) is 0 Å². The zero-order chi connectivity index (χ0) is 19.7. The molecule has 0 unspecified atom stereocenters. The van der Waals surface area contributed by atoms with Crippen LogP contribution in [0.3, 0.4) is 0 Å². The van der Waals surface area contributed by atoms with Crippen molar-refractivity contribution in [2.45, 2.75) is 58.0 Å². The minimum Gasteiger partial charge on any atom is -0.497 e. The molecule has 0 atom stereocenters. The van der Waals surface area contributed by atoms with Gasteiger partial charge in [0.2, 0.25) is 5.91 Å². The number of anilines is 1. The van der Waals surface area contributed by atoms with Crippen LogP contribution in [0.25, 0.3) is 0 Å². The zero-order valence-corrected chi connectivity index (χ0v) is 17.1. The number of ether oxygens (including phenoxy) is 1. The predicted molar refractivity (Wildman–Crippen MR) is 110 cm³/mol. The number of benzene rings is 1. The number of hydrogen-bond acceptors (Lipinski definition) is 4. The number of nitrogens with zero attached hydrogens (tertiary/aromatic N) is 3. The van der Waals surface area contributed by atoms with Gasteiger partial charge in [-0.15, -0.1) is 0 Å². The van der Waals surface area contributed by atoms with Gasteiger partial charge in [0.05, 0.1) is 24.9 Å². The van der Waals surface area contributed by atoms with Crippen molar-refractivity contribution in [2.75, 3.05) is 25.1 Å². The molecule has 6 heteroatoms. The number of H-pyrrole nitrogens is 1. The number of methoxy groups -OCH3 is 1. The Balaban J connectivity index is 1.59. The molecule has 0 radical (unpaired) electrons. The van der Waals surface area contributed by atoms with E-state index in [1.165, 1.54) is 12.8 Å². The first kappa shape index (κ1) is 19.0. The molecular weight excluding hydrogens is 352 g/mol. The highest BCUT2D eigenvalue weighted by molar-refractivity contribution is 5.97.